The molecular weight excluding hydrogens is 260 g/mol. The molecule has 0 bridgehead atoms. The van der Waals surface area contributed by atoms with Crippen LogP contribution in [0.25, 0.3) is 0 Å². The second-order valence-electron chi connectivity index (χ2n) is 5.62. The topological polar surface area (TPSA) is 29.5 Å². The predicted molar refractivity (Wildman–Crippen MR) is 86.8 cm³/mol. The molecule has 2 rings (SSSR count). The molecule has 0 saturated heterocycles. The normalized spacial score (nSPS) is 12.4. The van der Waals surface area contributed by atoms with E-state index >= 15 is 0 Å². The highest BCUT2D eigenvalue weighted by Gasteiger charge is 2.10. The average Bonchev–Trinajstić information content (AvgIpc) is 2.48. The Bertz CT molecular complexity index is 558. The van der Waals surface area contributed by atoms with Gasteiger partial charge in [0, 0.05) is 6.42 Å². The molecule has 0 aliphatic rings. The van der Waals surface area contributed by atoms with Gasteiger partial charge in [0.2, 0.25) is 0 Å². The lowest BCUT2D eigenvalue weighted by molar-refractivity contribution is 0.178. The molecule has 1 N–H and O–H groups in total. The molecule has 2 aromatic rings. The van der Waals surface area contributed by atoms with E-state index in [9.17, 15) is 5.11 Å². The van der Waals surface area contributed by atoms with Crippen LogP contribution < -0.4 is 4.74 Å². The first-order valence-corrected chi connectivity index (χ1v) is 7.59. The minimum Gasteiger partial charge on any atom is -0.494 e. The van der Waals surface area contributed by atoms with Crippen molar-refractivity contribution in [3.05, 3.63) is 65.2 Å². The van der Waals surface area contributed by atoms with Crippen LogP contribution in [-0.4, -0.2) is 11.7 Å². The van der Waals surface area contributed by atoms with Crippen LogP contribution in [0, 0.1) is 0 Å². The van der Waals surface area contributed by atoms with E-state index in [2.05, 4.69) is 38.1 Å². The summed E-state index contributed by atoms with van der Waals surface area (Å²) < 4.78 is 5.48. The van der Waals surface area contributed by atoms with Gasteiger partial charge in [-0.25, -0.2) is 0 Å². The van der Waals surface area contributed by atoms with E-state index in [0.717, 1.165) is 16.9 Å². The Hall–Kier alpha value is -1.80. The smallest absolute Gasteiger partial charge is 0.119 e. The zero-order valence-electron chi connectivity index (χ0n) is 13.0. The molecule has 112 valence electrons. The van der Waals surface area contributed by atoms with Gasteiger partial charge in [0.15, 0.2) is 0 Å². The van der Waals surface area contributed by atoms with Gasteiger partial charge >= 0.3 is 0 Å². The van der Waals surface area contributed by atoms with Gasteiger partial charge in [-0.1, -0.05) is 50.2 Å². The fourth-order valence-corrected chi connectivity index (χ4v) is 2.36. The molecule has 0 spiro atoms. The summed E-state index contributed by atoms with van der Waals surface area (Å²) in [5, 5.41) is 10.4. The first-order valence-electron chi connectivity index (χ1n) is 7.59. The number of hydrogen-bond acceptors (Lipinski definition) is 2. The summed E-state index contributed by atoms with van der Waals surface area (Å²) in [5.41, 5.74) is 3.37. The van der Waals surface area contributed by atoms with Crippen LogP contribution in [0.4, 0.5) is 0 Å². The number of aliphatic hydroxyl groups is 1. The summed E-state index contributed by atoms with van der Waals surface area (Å²) in [6.45, 7) is 6.96. The number of ether oxygens (including phenoxy) is 1. The van der Waals surface area contributed by atoms with E-state index in [1.807, 2.05) is 31.2 Å². The highest BCUT2D eigenvalue weighted by molar-refractivity contribution is 5.32. The van der Waals surface area contributed by atoms with Gasteiger partial charge in [0.05, 0.1) is 12.7 Å². The maximum absolute atomic E-state index is 10.4. The summed E-state index contributed by atoms with van der Waals surface area (Å²) in [6, 6.07) is 16.2. The second-order valence-corrected chi connectivity index (χ2v) is 5.62. The van der Waals surface area contributed by atoms with E-state index < -0.39 is 6.10 Å². The van der Waals surface area contributed by atoms with Gasteiger partial charge in [0.1, 0.15) is 5.75 Å². The molecule has 0 aliphatic heterocycles. The molecule has 0 aromatic heterocycles. The van der Waals surface area contributed by atoms with Crippen molar-refractivity contribution in [2.45, 2.75) is 39.2 Å². The number of benzene rings is 2. The van der Waals surface area contributed by atoms with E-state index in [0.29, 0.717) is 18.9 Å². The molecule has 1 unspecified atom stereocenters. The van der Waals surface area contributed by atoms with Crippen LogP contribution in [0.15, 0.2) is 48.5 Å². The molecule has 0 amide bonds. The SMILES string of the molecule is CCOc1cccc(C(O)Cc2ccc(C(C)C)cc2)c1. The zero-order chi connectivity index (χ0) is 15.2. The van der Waals surface area contributed by atoms with Crippen LogP contribution in [0.3, 0.4) is 0 Å². The molecular formula is C19H24O2. The van der Waals surface area contributed by atoms with E-state index in [1.165, 1.54) is 5.56 Å². The third kappa shape index (κ3) is 4.33. The lowest BCUT2D eigenvalue weighted by Gasteiger charge is -2.13. The van der Waals surface area contributed by atoms with Crippen molar-refractivity contribution < 1.29 is 9.84 Å². The lowest BCUT2D eigenvalue weighted by atomic mass is 9.97. The van der Waals surface area contributed by atoms with Crippen LogP contribution in [-0.2, 0) is 6.42 Å². The Morgan fingerprint density at radius 2 is 1.71 bits per heavy atom. The quantitative estimate of drug-likeness (QED) is 0.847. The number of rotatable bonds is 6. The third-order valence-electron chi connectivity index (χ3n) is 3.63. The molecule has 0 heterocycles. The van der Waals surface area contributed by atoms with Crippen LogP contribution in [0.5, 0.6) is 5.75 Å². The largest absolute Gasteiger partial charge is 0.494 e. The fourth-order valence-electron chi connectivity index (χ4n) is 2.36. The van der Waals surface area contributed by atoms with Crippen molar-refractivity contribution in [1.29, 1.82) is 0 Å². The minimum absolute atomic E-state index is 0.504. The van der Waals surface area contributed by atoms with Gasteiger partial charge in [-0.05, 0) is 41.7 Å². The Morgan fingerprint density at radius 3 is 2.33 bits per heavy atom. The van der Waals surface area contributed by atoms with Gasteiger partial charge in [-0.15, -0.1) is 0 Å². The maximum atomic E-state index is 10.4. The second kappa shape index (κ2) is 7.28. The number of aliphatic hydroxyl groups excluding tert-OH is 1. The van der Waals surface area contributed by atoms with Gasteiger partial charge in [0.25, 0.3) is 0 Å². The first-order chi connectivity index (χ1) is 10.1. The van der Waals surface area contributed by atoms with Crippen LogP contribution >= 0.6 is 0 Å². The molecule has 0 saturated carbocycles. The Balaban J connectivity index is 2.06. The Labute approximate surface area is 127 Å². The average molecular weight is 284 g/mol. The van der Waals surface area contributed by atoms with E-state index in [1.54, 1.807) is 0 Å². The van der Waals surface area contributed by atoms with E-state index in [-0.39, 0.29) is 0 Å². The number of hydrogen-bond donors (Lipinski definition) is 1. The van der Waals surface area contributed by atoms with Crippen molar-refractivity contribution in [2.24, 2.45) is 0 Å². The Kier molecular flexibility index (Phi) is 5.40. The summed E-state index contributed by atoms with van der Waals surface area (Å²) in [5.74, 6) is 1.34. The van der Waals surface area contributed by atoms with Crippen LogP contribution in [0.1, 0.15) is 49.5 Å². The summed E-state index contributed by atoms with van der Waals surface area (Å²) >= 11 is 0. The first kappa shape index (κ1) is 15.6. The van der Waals surface area contributed by atoms with Crippen LogP contribution in [0.2, 0.25) is 0 Å². The molecule has 0 fully saturated rings. The van der Waals surface area contributed by atoms with Gasteiger partial charge < -0.3 is 9.84 Å². The van der Waals surface area contributed by atoms with Crippen molar-refractivity contribution in [3.8, 4) is 5.75 Å². The summed E-state index contributed by atoms with van der Waals surface area (Å²) in [4.78, 5) is 0. The molecule has 2 heteroatoms. The standard InChI is InChI=1S/C19H24O2/c1-4-21-18-7-5-6-17(13-18)19(20)12-15-8-10-16(11-9-15)14(2)3/h5-11,13-14,19-20H,4,12H2,1-3H3. The highest BCUT2D eigenvalue weighted by atomic mass is 16.5. The molecule has 2 nitrogen and oxygen atoms in total. The predicted octanol–water partition coefficient (Wildman–Crippen LogP) is 4.48. The Morgan fingerprint density at radius 1 is 1.00 bits per heavy atom. The van der Waals surface area contributed by atoms with Crippen molar-refractivity contribution in [3.63, 3.8) is 0 Å². The van der Waals surface area contributed by atoms with Gasteiger partial charge in [-0.3, -0.25) is 0 Å². The molecule has 0 aliphatic carbocycles. The maximum Gasteiger partial charge on any atom is 0.119 e. The van der Waals surface area contributed by atoms with Gasteiger partial charge in [-0.2, -0.15) is 0 Å². The van der Waals surface area contributed by atoms with E-state index in [4.69, 9.17) is 4.74 Å². The summed E-state index contributed by atoms with van der Waals surface area (Å²) in [6.07, 6.45) is 0.115. The third-order valence-corrected chi connectivity index (χ3v) is 3.63. The molecule has 2 aromatic carbocycles. The van der Waals surface area contributed by atoms with Crippen molar-refractivity contribution in [2.75, 3.05) is 6.61 Å². The molecule has 21 heavy (non-hydrogen) atoms. The zero-order valence-corrected chi connectivity index (χ0v) is 13.0. The summed E-state index contributed by atoms with van der Waals surface area (Å²) in [7, 11) is 0. The lowest BCUT2D eigenvalue weighted by Crippen LogP contribution is -2.03. The van der Waals surface area contributed by atoms with Crippen molar-refractivity contribution >= 4 is 0 Å². The molecule has 1 atom stereocenters. The fraction of sp³-hybridized carbons (Fsp3) is 0.368. The monoisotopic (exact) mass is 284 g/mol. The highest BCUT2D eigenvalue weighted by Crippen LogP contribution is 2.23. The molecule has 0 radical (unpaired) electrons. The minimum atomic E-state index is -0.504. The van der Waals surface area contributed by atoms with Crippen molar-refractivity contribution in [1.82, 2.24) is 0 Å².